The Morgan fingerprint density at radius 2 is 1.53 bits per heavy atom. The average molecular weight is 196 g/mol. The summed E-state index contributed by atoms with van der Waals surface area (Å²) in [5, 5.41) is 0. The van der Waals surface area contributed by atoms with Crippen LogP contribution in [0.3, 0.4) is 0 Å². The molecule has 1 aromatic carbocycles. The zero-order valence-corrected chi connectivity index (χ0v) is 9.33. The number of rotatable bonds is 1. The summed E-state index contributed by atoms with van der Waals surface area (Å²) in [4.78, 5) is 0. The molecule has 1 aromatic rings. The SMILES string of the molecule is CC1=CC(=Cc2ccccc2)C=C(C)C1. The third-order valence-electron chi connectivity index (χ3n) is 2.52. The lowest BCUT2D eigenvalue weighted by atomic mass is 9.96. The Hall–Kier alpha value is -1.56. The van der Waals surface area contributed by atoms with Crippen LogP contribution in [0, 0.1) is 0 Å². The van der Waals surface area contributed by atoms with Gasteiger partial charge in [-0.2, -0.15) is 0 Å². The highest BCUT2D eigenvalue weighted by atomic mass is 14.1. The van der Waals surface area contributed by atoms with Crippen molar-refractivity contribution in [3.63, 3.8) is 0 Å². The molecule has 0 aliphatic heterocycles. The van der Waals surface area contributed by atoms with Gasteiger partial charge in [-0.3, -0.25) is 0 Å². The molecular weight excluding hydrogens is 180 g/mol. The molecule has 0 amide bonds. The molecule has 15 heavy (non-hydrogen) atoms. The third-order valence-corrected chi connectivity index (χ3v) is 2.52. The van der Waals surface area contributed by atoms with Crippen LogP contribution in [-0.4, -0.2) is 0 Å². The second-order valence-corrected chi connectivity index (χ2v) is 4.21. The van der Waals surface area contributed by atoms with E-state index in [0.717, 1.165) is 6.42 Å². The zero-order valence-electron chi connectivity index (χ0n) is 9.33. The molecule has 0 fully saturated rings. The van der Waals surface area contributed by atoms with Crippen LogP contribution in [-0.2, 0) is 0 Å². The Kier molecular flexibility index (Phi) is 2.86. The molecule has 1 aliphatic rings. The molecule has 0 heterocycles. The molecular formula is C15H16. The van der Waals surface area contributed by atoms with E-state index < -0.39 is 0 Å². The summed E-state index contributed by atoms with van der Waals surface area (Å²) in [6.07, 6.45) is 7.87. The molecule has 0 bridgehead atoms. The number of allylic oxidation sites excluding steroid dienone is 5. The first-order valence-electron chi connectivity index (χ1n) is 5.35. The Morgan fingerprint density at radius 3 is 2.13 bits per heavy atom. The Bertz CT molecular complexity index is 410. The van der Waals surface area contributed by atoms with Crippen molar-refractivity contribution in [2.75, 3.05) is 0 Å². The van der Waals surface area contributed by atoms with E-state index in [1.807, 2.05) is 6.07 Å². The molecule has 76 valence electrons. The van der Waals surface area contributed by atoms with Gasteiger partial charge in [0.1, 0.15) is 0 Å². The van der Waals surface area contributed by atoms with E-state index in [1.165, 1.54) is 22.3 Å². The number of benzene rings is 1. The summed E-state index contributed by atoms with van der Waals surface area (Å²) >= 11 is 0. The molecule has 0 heteroatoms. The smallest absolute Gasteiger partial charge is 0.0107 e. The minimum Gasteiger partial charge on any atom is -0.0687 e. The largest absolute Gasteiger partial charge is 0.0687 e. The van der Waals surface area contributed by atoms with E-state index in [2.05, 4.69) is 56.3 Å². The van der Waals surface area contributed by atoms with Crippen LogP contribution in [0.5, 0.6) is 0 Å². The fraction of sp³-hybridized carbons (Fsp3) is 0.200. The third kappa shape index (κ3) is 2.69. The van der Waals surface area contributed by atoms with E-state index in [0.29, 0.717) is 0 Å². The van der Waals surface area contributed by atoms with Gasteiger partial charge in [0.15, 0.2) is 0 Å². The van der Waals surface area contributed by atoms with Gasteiger partial charge >= 0.3 is 0 Å². The van der Waals surface area contributed by atoms with Gasteiger partial charge in [-0.1, -0.05) is 53.6 Å². The fourth-order valence-electron chi connectivity index (χ4n) is 1.98. The average Bonchev–Trinajstić information content (AvgIpc) is 2.17. The van der Waals surface area contributed by atoms with E-state index in [4.69, 9.17) is 0 Å². The van der Waals surface area contributed by atoms with Crippen molar-refractivity contribution >= 4 is 6.08 Å². The molecule has 2 rings (SSSR count). The Balaban J connectivity index is 2.31. The molecule has 0 radical (unpaired) electrons. The predicted molar refractivity (Wildman–Crippen MR) is 66.6 cm³/mol. The molecule has 0 saturated heterocycles. The molecule has 0 atom stereocenters. The summed E-state index contributed by atoms with van der Waals surface area (Å²) in [5.41, 5.74) is 5.46. The monoisotopic (exact) mass is 196 g/mol. The molecule has 0 saturated carbocycles. The van der Waals surface area contributed by atoms with Crippen molar-refractivity contribution in [1.29, 1.82) is 0 Å². The highest BCUT2D eigenvalue weighted by Gasteiger charge is 2.02. The normalized spacial score (nSPS) is 15.7. The summed E-state index contributed by atoms with van der Waals surface area (Å²) in [6, 6.07) is 10.5. The van der Waals surface area contributed by atoms with Gasteiger partial charge in [-0.25, -0.2) is 0 Å². The molecule has 0 nitrogen and oxygen atoms in total. The highest BCUT2D eigenvalue weighted by Crippen LogP contribution is 2.22. The van der Waals surface area contributed by atoms with Gasteiger partial charge in [0.2, 0.25) is 0 Å². The quantitative estimate of drug-likeness (QED) is 0.625. The van der Waals surface area contributed by atoms with E-state index in [9.17, 15) is 0 Å². The molecule has 1 aliphatic carbocycles. The van der Waals surface area contributed by atoms with E-state index >= 15 is 0 Å². The first-order chi connectivity index (χ1) is 7.24. The fourth-order valence-corrected chi connectivity index (χ4v) is 1.98. The van der Waals surface area contributed by atoms with Crippen LogP contribution in [0.1, 0.15) is 25.8 Å². The maximum Gasteiger partial charge on any atom is -0.0107 e. The minimum atomic E-state index is 1.12. The van der Waals surface area contributed by atoms with Crippen molar-refractivity contribution in [2.45, 2.75) is 20.3 Å². The summed E-state index contributed by atoms with van der Waals surface area (Å²) in [5.74, 6) is 0. The van der Waals surface area contributed by atoms with Gasteiger partial charge < -0.3 is 0 Å². The van der Waals surface area contributed by atoms with Gasteiger partial charge in [-0.15, -0.1) is 0 Å². The summed E-state index contributed by atoms with van der Waals surface area (Å²) < 4.78 is 0. The highest BCUT2D eigenvalue weighted by molar-refractivity contribution is 5.61. The lowest BCUT2D eigenvalue weighted by Gasteiger charge is -2.10. The van der Waals surface area contributed by atoms with Crippen LogP contribution < -0.4 is 0 Å². The Morgan fingerprint density at radius 1 is 0.933 bits per heavy atom. The minimum absolute atomic E-state index is 1.12. The molecule has 0 unspecified atom stereocenters. The maximum atomic E-state index is 2.26. The predicted octanol–water partition coefficient (Wildman–Crippen LogP) is 4.37. The first kappa shape index (κ1) is 9.97. The summed E-state index contributed by atoms with van der Waals surface area (Å²) in [7, 11) is 0. The molecule has 0 N–H and O–H groups in total. The lowest BCUT2D eigenvalue weighted by Crippen LogP contribution is -1.90. The van der Waals surface area contributed by atoms with Crippen molar-refractivity contribution in [3.05, 3.63) is 64.8 Å². The van der Waals surface area contributed by atoms with Gasteiger partial charge in [0.05, 0.1) is 0 Å². The van der Waals surface area contributed by atoms with Crippen LogP contribution in [0.15, 0.2) is 59.2 Å². The topological polar surface area (TPSA) is 0 Å². The van der Waals surface area contributed by atoms with Gasteiger partial charge in [0, 0.05) is 0 Å². The molecule has 0 spiro atoms. The second-order valence-electron chi connectivity index (χ2n) is 4.21. The second kappa shape index (κ2) is 4.31. The van der Waals surface area contributed by atoms with Crippen LogP contribution in [0.25, 0.3) is 6.08 Å². The van der Waals surface area contributed by atoms with E-state index in [1.54, 1.807) is 0 Å². The van der Waals surface area contributed by atoms with E-state index in [-0.39, 0.29) is 0 Å². The lowest BCUT2D eigenvalue weighted by molar-refractivity contribution is 1.08. The Labute approximate surface area is 91.6 Å². The van der Waals surface area contributed by atoms with Crippen LogP contribution in [0.4, 0.5) is 0 Å². The maximum absolute atomic E-state index is 2.26. The van der Waals surface area contributed by atoms with Crippen molar-refractivity contribution in [1.82, 2.24) is 0 Å². The van der Waals surface area contributed by atoms with Gasteiger partial charge in [-0.05, 0) is 37.5 Å². The van der Waals surface area contributed by atoms with Crippen molar-refractivity contribution < 1.29 is 0 Å². The molecule has 0 aromatic heterocycles. The van der Waals surface area contributed by atoms with Gasteiger partial charge in [0.25, 0.3) is 0 Å². The number of hydrogen-bond acceptors (Lipinski definition) is 0. The van der Waals surface area contributed by atoms with Crippen LogP contribution in [0.2, 0.25) is 0 Å². The summed E-state index contributed by atoms with van der Waals surface area (Å²) in [6.45, 7) is 4.38. The van der Waals surface area contributed by atoms with Crippen molar-refractivity contribution in [2.24, 2.45) is 0 Å². The first-order valence-corrected chi connectivity index (χ1v) is 5.35. The zero-order chi connectivity index (χ0) is 10.7. The van der Waals surface area contributed by atoms with Crippen LogP contribution >= 0.6 is 0 Å². The number of hydrogen-bond donors (Lipinski definition) is 0. The van der Waals surface area contributed by atoms with Crippen molar-refractivity contribution in [3.8, 4) is 0 Å². The standard InChI is InChI=1S/C15H16/c1-12-8-13(2)10-15(9-12)11-14-6-4-3-5-7-14/h3-7,9-11H,8H2,1-2H3.